The van der Waals surface area contributed by atoms with Crippen molar-refractivity contribution in [3.63, 3.8) is 0 Å². The first-order valence-corrected chi connectivity index (χ1v) is 6.22. The van der Waals surface area contributed by atoms with Crippen molar-refractivity contribution < 1.29 is 4.79 Å². The van der Waals surface area contributed by atoms with Gasteiger partial charge in [0, 0.05) is 18.8 Å². The van der Waals surface area contributed by atoms with E-state index in [9.17, 15) is 4.79 Å². The minimum Gasteiger partial charge on any atom is -0.350 e. The van der Waals surface area contributed by atoms with Crippen LogP contribution in [0.1, 0.15) is 23.2 Å². The molecule has 1 amide bonds. The Kier molecular flexibility index (Phi) is 4.07. The molecule has 19 heavy (non-hydrogen) atoms. The van der Waals surface area contributed by atoms with E-state index < -0.39 is 0 Å². The Morgan fingerprint density at radius 3 is 3.05 bits per heavy atom. The van der Waals surface area contributed by atoms with Gasteiger partial charge in [-0.15, -0.1) is 12.4 Å². The first kappa shape index (κ1) is 13.8. The summed E-state index contributed by atoms with van der Waals surface area (Å²) in [6.07, 6.45) is 5.79. The van der Waals surface area contributed by atoms with Crippen LogP contribution in [-0.2, 0) is 0 Å². The van der Waals surface area contributed by atoms with Crippen LogP contribution >= 0.6 is 12.4 Å². The third-order valence-electron chi connectivity index (χ3n) is 3.40. The molecule has 1 unspecified atom stereocenters. The second kappa shape index (κ2) is 5.59. The fourth-order valence-electron chi connectivity index (χ4n) is 2.11. The molecule has 1 saturated carbocycles. The topological polar surface area (TPSA) is 72.4 Å². The summed E-state index contributed by atoms with van der Waals surface area (Å²) in [5.74, 6) is 0.488. The fourth-order valence-corrected chi connectivity index (χ4v) is 2.11. The van der Waals surface area contributed by atoms with Crippen LogP contribution in [0.3, 0.4) is 0 Å². The van der Waals surface area contributed by atoms with Crippen molar-refractivity contribution in [2.24, 2.45) is 11.7 Å². The quantitative estimate of drug-likeness (QED) is 0.885. The molecule has 0 aliphatic heterocycles. The number of carbonyl (C=O) groups is 1. The van der Waals surface area contributed by atoms with Gasteiger partial charge >= 0.3 is 0 Å². The lowest BCUT2D eigenvalue weighted by Crippen LogP contribution is -2.38. The Balaban J connectivity index is 0.00000133. The molecule has 102 valence electrons. The van der Waals surface area contributed by atoms with Gasteiger partial charge in [-0.2, -0.15) is 5.10 Å². The van der Waals surface area contributed by atoms with Crippen LogP contribution in [0.5, 0.6) is 0 Å². The van der Waals surface area contributed by atoms with E-state index in [1.807, 2.05) is 24.4 Å². The number of nitrogens with one attached hydrogen (secondary N) is 1. The summed E-state index contributed by atoms with van der Waals surface area (Å²) in [6.45, 7) is 0.535. The highest BCUT2D eigenvalue weighted by Crippen LogP contribution is 2.31. The van der Waals surface area contributed by atoms with Gasteiger partial charge in [0.15, 0.2) is 0 Å². The highest BCUT2D eigenvalue weighted by atomic mass is 35.5. The number of hydrogen-bond donors (Lipinski definition) is 2. The van der Waals surface area contributed by atoms with Crippen molar-refractivity contribution >= 4 is 23.8 Å². The number of aromatic nitrogens is 2. The summed E-state index contributed by atoms with van der Waals surface area (Å²) in [5.41, 5.74) is 7.37. The van der Waals surface area contributed by atoms with Gasteiger partial charge in [-0.25, -0.2) is 4.52 Å². The van der Waals surface area contributed by atoms with Crippen LogP contribution in [-0.4, -0.2) is 28.1 Å². The largest absolute Gasteiger partial charge is 0.350 e. The Hall–Kier alpha value is -1.59. The highest BCUT2D eigenvalue weighted by Gasteiger charge is 2.28. The monoisotopic (exact) mass is 280 g/mol. The van der Waals surface area contributed by atoms with E-state index in [0.717, 1.165) is 5.52 Å². The van der Waals surface area contributed by atoms with Gasteiger partial charge in [0.05, 0.1) is 17.3 Å². The number of carbonyl (C=O) groups excluding carboxylic acids is 1. The van der Waals surface area contributed by atoms with Crippen LogP contribution in [0.4, 0.5) is 0 Å². The Morgan fingerprint density at radius 2 is 2.32 bits per heavy atom. The minimum atomic E-state index is -0.104. The predicted molar refractivity (Wildman–Crippen MR) is 75.5 cm³/mol. The van der Waals surface area contributed by atoms with E-state index in [1.165, 1.54) is 12.8 Å². The minimum absolute atomic E-state index is 0. The smallest absolute Gasteiger partial charge is 0.255 e. The van der Waals surface area contributed by atoms with Crippen molar-refractivity contribution in [2.75, 3.05) is 6.54 Å². The van der Waals surface area contributed by atoms with Gasteiger partial charge < -0.3 is 11.1 Å². The predicted octanol–water partition coefficient (Wildman–Crippen LogP) is 1.22. The Bertz CT molecular complexity index is 579. The molecule has 1 fully saturated rings. The molecular formula is C13H17ClN4O. The van der Waals surface area contributed by atoms with Crippen molar-refractivity contribution in [3.8, 4) is 0 Å². The molecule has 0 spiro atoms. The van der Waals surface area contributed by atoms with Gasteiger partial charge in [-0.1, -0.05) is 6.07 Å². The number of amides is 1. The standard InChI is InChI=1S/C13H16N4O.ClH/c14-11(9-4-5-9)8-15-13(18)10-7-16-17-6-2-1-3-12(10)17;/h1-3,6-7,9,11H,4-5,8,14H2,(H,15,18);1H. The molecule has 6 heteroatoms. The van der Waals surface area contributed by atoms with Crippen LogP contribution in [0.15, 0.2) is 30.6 Å². The van der Waals surface area contributed by atoms with Crippen molar-refractivity contribution in [3.05, 3.63) is 36.2 Å². The summed E-state index contributed by atoms with van der Waals surface area (Å²) in [4.78, 5) is 12.0. The lowest BCUT2D eigenvalue weighted by Gasteiger charge is -2.10. The zero-order valence-corrected chi connectivity index (χ0v) is 11.3. The van der Waals surface area contributed by atoms with E-state index in [0.29, 0.717) is 18.0 Å². The summed E-state index contributed by atoms with van der Waals surface area (Å²) in [7, 11) is 0. The summed E-state index contributed by atoms with van der Waals surface area (Å²) in [6, 6.07) is 5.73. The second-order valence-electron chi connectivity index (χ2n) is 4.80. The van der Waals surface area contributed by atoms with E-state index in [1.54, 1.807) is 10.7 Å². The van der Waals surface area contributed by atoms with Gasteiger partial charge in [0.2, 0.25) is 0 Å². The van der Waals surface area contributed by atoms with E-state index in [4.69, 9.17) is 5.73 Å². The number of rotatable bonds is 4. The summed E-state index contributed by atoms with van der Waals surface area (Å²) < 4.78 is 1.69. The molecule has 2 heterocycles. The van der Waals surface area contributed by atoms with Gasteiger partial charge in [-0.05, 0) is 30.9 Å². The number of hydrogen-bond acceptors (Lipinski definition) is 3. The molecule has 2 aromatic heterocycles. The third kappa shape index (κ3) is 2.88. The van der Waals surface area contributed by atoms with Crippen molar-refractivity contribution in [1.29, 1.82) is 0 Å². The molecule has 3 N–H and O–H groups in total. The second-order valence-corrected chi connectivity index (χ2v) is 4.80. The molecule has 0 aromatic carbocycles. The van der Waals surface area contributed by atoms with Crippen molar-refractivity contribution in [2.45, 2.75) is 18.9 Å². The van der Waals surface area contributed by atoms with Crippen LogP contribution < -0.4 is 11.1 Å². The molecule has 1 aliphatic carbocycles. The lowest BCUT2D eigenvalue weighted by atomic mass is 10.2. The number of nitrogens with two attached hydrogens (primary N) is 1. The SMILES string of the molecule is Cl.NC(CNC(=O)c1cnn2ccccc12)C1CC1. The van der Waals surface area contributed by atoms with Crippen LogP contribution in [0.2, 0.25) is 0 Å². The Labute approximate surface area is 117 Å². The molecule has 1 aliphatic rings. The van der Waals surface area contributed by atoms with Crippen LogP contribution in [0.25, 0.3) is 5.52 Å². The maximum Gasteiger partial charge on any atom is 0.255 e. The maximum absolute atomic E-state index is 12.0. The molecule has 2 aromatic rings. The molecule has 0 saturated heterocycles. The van der Waals surface area contributed by atoms with Gasteiger partial charge in [0.25, 0.3) is 5.91 Å². The molecule has 0 bridgehead atoms. The number of nitrogens with zero attached hydrogens (tertiary/aromatic N) is 2. The average Bonchev–Trinajstić information content (AvgIpc) is 3.15. The van der Waals surface area contributed by atoms with E-state index in [-0.39, 0.29) is 24.4 Å². The van der Waals surface area contributed by atoms with Gasteiger partial charge in [-0.3, -0.25) is 4.79 Å². The first-order chi connectivity index (χ1) is 8.75. The summed E-state index contributed by atoms with van der Waals surface area (Å²) in [5, 5.41) is 7.02. The highest BCUT2D eigenvalue weighted by molar-refractivity contribution is 6.00. The van der Waals surface area contributed by atoms with Crippen molar-refractivity contribution in [1.82, 2.24) is 14.9 Å². The molecule has 0 radical (unpaired) electrons. The molecule has 1 atom stereocenters. The Morgan fingerprint density at radius 1 is 1.53 bits per heavy atom. The zero-order chi connectivity index (χ0) is 12.5. The fraction of sp³-hybridized carbons (Fsp3) is 0.385. The zero-order valence-electron chi connectivity index (χ0n) is 10.5. The van der Waals surface area contributed by atoms with E-state index in [2.05, 4.69) is 10.4 Å². The van der Waals surface area contributed by atoms with E-state index >= 15 is 0 Å². The maximum atomic E-state index is 12.0. The lowest BCUT2D eigenvalue weighted by molar-refractivity contribution is 0.0952. The molecular weight excluding hydrogens is 264 g/mol. The summed E-state index contributed by atoms with van der Waals surface area (Å²) >= 11 is 0. The number of halogens is 1. The van der Waals surface area contributed by atoms with Gasteiger partial charge in [0.1, 0.15) is 0 Å². The molecule has 3 rings (SSSR count). The normalized spacial score (nSPS) is 15.8. The van der Waals surface area contributed by atoms with Crippen LogP contribution in [0, 0.1) is 5.92 Å². The third-order valence-corrected chi connectivity index (χ3v) is 3.40. The number of fused-ring (bicyclic) bond motifs is 1. The number of pyridine rings is 1. The average molecular weight is 281 g/mol. The first-order valence-electron chi connectivity index (χ1n) is 6.22. The molecule has 5 nitrogen and oxygen atoms in total.